The lowest BCUT2D eigenvalue weighted by Crippen LogP contribution is -2.01. The van der Waals surface area contributed by atoms with E-state index in [-0.39, 0.29) is 13.2 Å². The Morgan fingerprint density at radius 1 is 1.50 bits per heavy atom. The summed E-state index contributed by atoms with van der Waals surface area (Å²) < 4.78 is 5.22. The smallest absolute Gasteiger partial charge is 0.213 e. The Morgan fingerprint density at radius 3 is 2.88 bits per heavy atom. The first-order chi connectivity index (χ1) is 7.77. The molecule has 1 N–H and O–H groups in total. The quantitative estimate of drug-likeness (QED) is 0.448. The molecule has 1 rings (SSSR count). The van der Waals surface area contributed by atoms with E-state index in [0.29, 0.717) is 18.2 Å². The molecule has 5 heteroatoms. The number of hydrogen-bond acceptors (Lipinski definition) is 5. The van der Waals surface area contributed by atoms with Crippen LogP contribution in [0.1, 0.15) is 19.4 Å². The summed E-state index contributed by atoms with van der Waals surface area (Å²) in [4.78, 5) is 8.97. The maximum absolute atomic E-state index is 8.52. The van der Waals surface area contributed by atoms with Gasteiger partial charge in [-0.25, -0.2) is 4.98 Å². The topological polar surface area (TPSA) is 63.9 Å². The van der Waals surface area contributed by atoms with Crippen LogP contribution >= 0.6 is 0 Å². The summed E-state index contributed by atoms with van der Waals surface area (Å²) in [5.74, 6) is 0.593. The zero-order valence-corrected chi connectivity index (χ0v) is 9.51. The van der Waals surface area contributed by atoms with Crippen LogP contribution in [-0.4, -0.2) is 35.6 Å². The monoisotopic (exact) mass is 224 g/mol. The van der Waals surface area contributed by atoms with Crippen LogP contribution in [0.3, 0.4) is 0 Å². The third-order valence-electron chi connectivity index (χ3n) is 1.83. The van der Waals surface area contributed by atoms with Gasteiger partial charge in [0.25, 0.3) is 0 Å². The number of ether oxygens (including phenoxy) is 1. The van der Waals surface area contributed by atoms with E-state index in [1.807, 2.05) is 19.9 Å². The molecule has 0 atom stereocenters. The molecular weight excluding hydrogens is 208 g/mol. The highest BCUT2D eigenvalue weighted by molar-refractivity contribution is 5.98. The molecule has 0 fully saturated rings. The van der Waals surface area contributed by atoms with Crippen molar-refractivity contribution in [2.24, 2.45) is 5.16 Å². The lowest BCUT2D eigenvalue weighted by Gasteiger charge is -2.03. The Bertz CT molecular complexity index is 336. The fourth-order valence-corrected chi connectivity index (χ4v) is 1.06. The number of aliphatic hydroxyl groups is 1. The standard InChI is InChI=1S/C11H16N2O3/c1-3-15-11-5-4-10(8-12-11)9(2)13-16-7-6-14/h4-5,8,14H,3,6-7H2,1-2H3/b13-9-. The van der Waals surface area contributed by atoms with Crippen molar-refractivity contribution in [3.8, 4) is 5.88 Å². The third kappa shape index (κ3) is 3.86. The minimum atomic E-state index is -0.0433. The first-order valence-corrected chi connectivity index (χ1v) is 5.14. The molecule has 1 aromatic rings. The fraction of sp³-hybridized carbons (Fsp3) is 0.455. The first kappa shape index (κ1) is 12.4. The van der Waals surface area contributed by atoms with Crippen LogP contribution in [0.2, 0.25) is 0 Å². The summed E-state index contributed by atoms with van der Waals surface area (Å²) in [6.07, 6.45) is 1.67. The molecule has 0 aliphatic heterocycles. The zero-order valence-electron chi connectivity index (χ0n) is 9.51. The van der Waals surface area contributed by atoms with Gasteiger partial charge in [-0.3, -0.25) is 0 Å². The van der Waals surface area contributed by atoms with Gasteiger partial charge < -0.3 is 14.7 Å². The van der Waals surface area contributed by atoms with E-state index in [2.05, 4.69) is 10.1 Å². The average molecular weight is 224 g/mol. The van der Waals surface area contributed by atoms with Gasteiger partial charge in [-0.2, -0.15) is 0 Å². The Labute approximate surface area is 94.7 Å². The van der Waals surface area contributed by atoms with Gasteiger partial charge in [0.1, 0.15) is 6.61 Å². The highest BCUT2D eigenvalue weighted by Crippen LogP contribution is 2.08. The van der Waals surface area contributed by atoms with Gasteiger partial charge in [-0.05, 0) is 19.9 Å². The SMILES string of the molecule is CCOc1ccc(/C(C)=N\OCCO)cn1. The van der Waals surface area contributed by atoms with Crippen LogP contribution in [0, 0.1) is 0 Å². The van der Waals surface area contributed by atoms with E-state index < -0.39 is 0 Å². The number of rotatable bonds is 6. The van der Waals surface area contributed by atoms with Crippen LogP contribution in [0.5, 0.6) is 5.88 Å². The molecule has 0 saturated heterocycles. The highest BCUT2D eigenvalue weighted by Gasteiger charge is 2.00. The summed E-state index contributed by atoms with van der Waals surface area (Å²) >= 11 is 0. The van der Waals surface area contributed by atoms with E-state index >= 15 is 0 Å². The Balaban J connectivity index is 2.62. The first-order valence-electron chi connectivity index (χ1n) is 5.14. The Kier molecular flexibility index (Phi) is 5.28. The van der Waals surface area contributed by atoms with Crippen LogP contribution < -0.4 is 4.74 Å². The molecule has 0 aromatic carbocycles. The van der Waals surface area contributed by atoms with Crippen LogP contribution in [0.25, 0.3) is 0 Å². The van der Waals surface area contributed by atoms with Gasteiger partial charge in [-0.1, -0.05) is 5.16 Å². The van der Waals surface area contributed by atoms with Crippen LogP contribution in [0.4, 0.5) is 0 Å². The van der Waals surface area contributed by atoms with Crippen molar-refractivity contribution < 1.29 is 14.7 Å². The number of nitrogens with zero attached hydrogens (tertiary/aromatic N) is 2. The molecule has 0 aliphatic carbocycles. The van der Waals surface area contributed by atoms with E-state index in [9.17, 15) is 0 Å². The molecule has 0 unspecified atom stereocenters. The summed E-state index contributed by atoms with van der Waals surface area (Å²) in [6.45, 7) is 4.47. The van der Waals surface area contributed by atoms with E-state index in [4.69, 9.17) is 14.7 Å². The molecule has 5 nitrogen and oxygen atoms in total. The van der Waals surface area contributed by atoms with Crippen molar-refractivity contribution in [3.05, 3.63) is 23.9 Å². The molecular formula is C11H16N2O3. The van der Waals surface area contributed by atoms with Crippen molar-refractivity contribution in [1.82, 2.24) is 4.98 Å². The fourth-order valence-electron chi connectivity index (χ4n) is 1.06. The van der Waals surface area contributed by atoms with Gasteiger partial charge in [0.2, 0.25) is 5.88 Å². The Morgan fingerprint density at radius 2 is 2.31 bits per heavy atom. The van der Waals surface area contributed by atoms with Crippen molar-refractivity contribution in [2.45, 2.75) is 13.8 Å². The van der Waals surface area contributed by atoms with Crippen molar-refractivity contribution in [3.63, 3.8) is 0 Å². The minimum absolute atomic E-state index is 0.0433. The van der Waals surface area contributed by atoms with Crippen molar-refractivity contribution in [1.29, 1.82) is 0 Å². The molecule has 1 heterocycles. The second-order valence-corrected chi connectivity index (χ2v) is 3.05. The summed E-state index contributed by atoms with van der Waals surface area (Å²) in [5.41, 5.74) is 1.57. The highest BCUT2D eigenvalue weighted by atomic mass is 16.6. The molecule has 0 bridgehead atoms. The molecule has 0 saturated carbocycles. The van der Waals surface area contributed by atoms with E-state index in [0.717, 1.165) is 5.56 Å². The molecule has 0 amide bonds. The van der Waals surface area contributed by atoms with Crippen molar-refractivity contribution >= 4 is 5.71 Å². The third-order valence-corrected chi connectivity index (χ3v) is 1.83. The number of aromatic nitrogens is 1. The Hall–Kier alpha value is -1.62. The average Bonchev–Trinajstić information content (AvgIpc) is 2.30. The van der Waals surface area contributed by atoms with Gasteiger partial charge >= 0.3 is 0 Å². The zero-order chi connectivity index (χ0) is 11.8. The molecule has 0 aliphatic rings. The normalized spacial score (nSPS) is 11.3. The van der Waals surface area contributed by atoms with Crippen molar-refractivity contribution in [2.75, 3.05) is 19.8 Å². The summed E-state index contributed by atoms with van der Waals surface area (Å²) in [7, 11) is 0. The second-order valence-electron chi connectivity index (χ2n) is 3.05. The van der Waals surface area contributed by atoms with Gasteiger partial charge in [0, 0.05) is 17.8 Å². The summed E-state index contributed by atoms with van der Waals surface area (Å²) in [5, 5.41) is 12.4. The predicted octanol–water partition coefficient (Wildman–Crippen LogP) is 1.21. The number of oxime groups is 1. The molecule has 0 radical (unpaired) electrons. The number of hydrogen-bond donors (Lipinski definition) is 1. The second kappa shape index (κ2) is 6.79. The van der Waals surface area contributed by atoms with Gasteiger partial charge in [-0.15, -0.1) is 0 Å². The molecule has 16 heavy (non-hydrogen) atoms. The maximum atomic E-state index is 8.52. The van der Waals surface area contributed by atoms with Gasteiger partial charge in [0.05, 0.1) is 18.9 Å². The summed E-state index contributed by atoms with van der Waals surface area (Å²) in [6, 6.07) is 3.64. The number of aliphatic hydroxyl groups excluding tert-OH is 1. The number of pyridine rings is 1. The van der Waals surface area contributed by atoms with E-state index in [1.165, 1.54) is 0 Å². The van der Waals surface area contributed by atoms with Gasteiger partial charge in [0.15, 0.2) is 0 Å². The molecule has 1 aromatic heterocycles. The largest absolute Gasteiger partial charge is 0.478 e. The van der Waals surface area contributed by atoms with E-state index in [1.54, 1.807) is 12.3 Å². The molecule has 0 spiro atoms. The minimum Gasteiger partial charge on any atom is -0.478 e. The van der Waals surface area contributed by atoms with Crippen LogP contribution in [0.15, 0.2) is 23.5 Å². The lowest BCUT2D eigenvalue weighted by molar-refractivity contribution is 0.0986. The van der Waals surface area contributed by atoms with Crippen LogP contribution in [-0.2, 0) is 4.84 Å². The predicted molar refractivity (Wildman–Crippen MR) is 60.7 cm³/mol. The maximum Gasteiger partial charge on any atom is 0.213 e. The molecule has 88 valence electrons. The lowest BCUT2D eigenvalue weighted by atomic mass is 10.2.